The highest BCUT2D eigenvalue weighted by molar-refractivity contribution is 5.65. The molecule has 0 N–H and O–H groups in total. The van der Waals surface area contributed by atoms with Crippen molar-refractivity contribution < 1.29 is 14.0 Å². The lowest BCUT2D eigenvalue weighted by Gasteiger charge is -2.06. The molecule has 0 aliphatic heterocycles. The molecule has 0 fully saturated rings. The van der Waals surface area contributed by atoms with Gasteiger partial charge in [0, 0.05) is 7.05 Å². The zero-order valence-corrected chi connectivity index (χ0v) is 7.24. The molecule has 4 heteroatoms. The van der Waals surface area contributed by atoms with E-state index in [-0.39, 0.29) is 11.7 Å². The van der Waals surface area contributed by atoms with Crippen LogP contribution in [0.2, 0.25) is 0 Å². The number of halogens is 1. The highest BCUT2D eigenvalue weighted by Crippen LogP contribution is 2.02. The maximum absolute atomic E-state index is 12.2. The average molecular weight is 183 g/mol. The Morgan fingerprint density at radius 3 is 2.62 bits per heavy atom. The number of carbonyl (C=O) groups is 1. The summed E-state index contributed by atoms with van der Waals surface area (Å²) >= 11 is 0. The minimum absolute atomic E-state index is 0.0912. The molecule has 0 aliphatic rings. The molecule has 0 aromatic heterocycles. The lowest BCUT2D eigenvalue weighted by Crippen LogP contribution is -2.18. The van der Waals surface area contributed by atoms with Crippen LogP contribution in [0.1, 0.15) is 5.56 Å². The van der Waals surface area contributed by atoms with E-state index in [1.807, 2.05) is 18.2 Å². The standard InChI is InChI=1S/C9H10FNO2/c1-11(10)9(12)13-7-8-5-3-2-4-6-8/h2-6H,7H2,1H3. The number of amides is 1. The van der Waals surface area contributed by atoms with Crippen LogP contribution in [0.3, 0.4) is 0 Å². The third-order valence-electron chi connectivity index (χ3n) is 1.46. The number of nitrogens with zero attached hydrogens (tertiary/aromatic N) is 1. The molecular formula is C9H10FNO2. The molecule has 1 aromatic rings. The van der Waals surface area contributed by atoms with Gasteiger partial charge in [-0.25, -0.2) is 4.79 Å². The van der Waals surface area contributed by atoms with Gasteiger partial charge in [0.25, 0.3) is 0 Å². The van der Waals surface area contributed by atoms with Gasteiger partial charge in [-0.05, 0) is 5.56 Å². The highest BCUT2D eigenvalue weighted by Gasteiger charge is 2.07. The van der Waals surface area contributed by atoms with Crippen molar-refractivity contribution >= 4 is 6.09 Å². The molecule has 13 heavy (non-hydrogen) atoms. The molecule has 1 rings (SSSR count). The lowest BCUT2D eigenvalue weighted by molar-refractivity contribution is 0.0263. The van der Waals surface area contributed by atoms with Crippen molar-refractivity contribution in [3.63, 3.8) is 0 Å². The quantitative estimate of drug-likeness (QED) is 0.657. The minimum Gasteiger partial charge on any atom is -0.443 e. The summed E-state index contributed by atoms with van der Waals surface area (Å²) in [6.45, 7) is 0.0912. The van der Waals surface area contributed by atoms with Crippen LogP contribution in [0, 0.1) is 0 Å². The normalized spacial score (nSPS) is 9.38. The van der Waals surface area contributed by atoms with Gasteiger partial charge in [0.05, 0.1) is 0 Å². The minimum atomic E-state index is -0.983. The van der Waals surface area contributed by atoms with E-state index in [9.17, 15) is 9.28 Å². The Morgan fingerprint density at radius 1 is 1.46 bits per heavy atom. The summed E-state index contributed by atoms with van der Waals surface area (Å²) in [5.74, 6) is 0. The van der Waals surface area contributed by atoms with Gasteiger partial charge in [-0.3, -0.25) is 0 Å². The number of rotatable bonds is 2. The van der Waals surface area contributed by atoms with E-state index in [4.69, 9.17) is 0 Å². The molecule has 0 saturated carbocycles. The van der Waals surface area contributed by atoms with E-state index < -0.39 is 6.09 Å². The van der Waals surface area contributed by atoms with Crippen molar-refractivity contribution in [3.05, 3.63) is 35.9 Å². The third-order valence-corrected chi connectivity index (χ3v) is 1.46. The predicted molar refractivity (Wildman–Crippen MR) is 45.5 cm³/mol. The van der Waals surface area contributed by atoms with Crippen LogP contribution >= 0.6 is 0 Å². The first kappa shape index (κ1) is 9.51. The van der Waals surface area contributed by atoms with Gasteiger partial charge in [0.15, 0.2) is 0 Å². The van der Waals surface area contributed by atoms with Gasteiger partial charge in [-0.15, -0.1) is 5.12 Å². The summed E-state index contributed by atoms with van der Waals surface area (Å²) in [5, 5.41) is -0.0943. The van der Waals surface area contributed by atoms with Gasteiger partial charge >= 0.3 is 6.09 Å². The number of benzene rings is 1. The first-order chi connectivity index (χ1) is 6.20. The smallest absolute Gasteiger partial charge is 0.438 e. The molecule has 0 saturated heterocycles. The Balaban J connectivity index is 2.40. The highest BCUT2D eigenvalue weighted by atomic mass is 19.2. The fourth-order valence-electron chi connectivity index (χ4n) is 0.808. The fourth-order valence-corrected chi connectivity index (χ4v) is 0.808. The van der Waals surface area contributed by atoms with E-state index in [1.165, 1.54) is 0 Å². The van der Waals surface area contributed by atoms with E-state index >= 15 is 0 Å². The zero-order chi connectivity index (χ0) is 9.68. The Labute approximate surface area is 75.7 Å². The second-order valence-electron chi connectivity index (χ2n) is 2.52. The molecule has 0 heterocycles. The van der Waals surface area contributed by atoms with Crippen molar-refractivity contribution in [3.8, 4) is 0 Å². The maximum Gasteiger partial charge on any atom is 0.438 e. The monoisotopic (exact) mass is 183 g/mol. The van der Waals surface area contributed by atoms with Crippen molar-refractivity contribution in [1.29, 1.82) is 0 Å². The summed E-state index contributed by atoms with van der Waals surface area (Å²) < 4.78 is 16.8. The largest absolute Gasteiger partial charge is 0.443 e. The lowest BCUT2D eigenvalue weighted by atomic mass is 10.2. The molecule has 1 amide bonds. The second-order valence-corrected chi connectivity index (χ2v) is 2.52. The van der Waals surface area contributed by atoms with Crippen LogP contribution in [0.4, 0.5) is 9.28 Å². The third kappa shape index (κ3) is 3.11. The Morgan fingerprint density at radius 2 is 2.08 bits per heavy atom. The molecule has 0 unspecified atom stereocenters. The molecular weight excluding hydrogens is 173 g/mol. The van der Waals surface area contributed by atoms with E-state index in [0.717, 1.165) is 12.6 Å². The Hall–Kier alpha value is -1.58. The SMILES string of the molecule is CN(F)C(=O)OCc1ccccc1. The number of carbonyl (C=O) groups excluding carboxylic acids is 1. The first-order valence-corrected chi connectivity index (χ1v) is 3.80. The molecule has 0 radical (unpaired) electrons. The number of hydrogen-bond donors (Lipinski definition) is 0. The number of ether oxygens (including phenoxy) is 1. The van der Waals surface area contributed by atoms with Gasteiger partial charge in [-0.1, -0.05) is 34.8 Å². The van der Waals surface area contributed by atoms with Crippen molar-refractivity contribution in [2.45, 2.75) is 6.61 Å². The van der Waals surface area contributed by atoms with E-state index in [2.05, 4.69) is 4.74 Å². The van der Waals surface area contributed by atoms with Crippen LogP contribution in [-0.4, -0.2) is 18.3 Å². The Kier molecular flexibility index (Phi) is 3.25. The predicted octanol–water partition coefficient (Wildman–Crippen LogP) is 2.14. The maximum atomic E-state index is 12.2. The topological polar surface area (TPSA) is 29.5 Å². The van der Waals surface area contributed by atoms with E-state index in [0.29, 0.717) is 0 Å². The number of hydrogen-bond acceptors (Lipinski definition) is 2. The second kappa shape index (κ2) is 4.45. The molecule has 0 bridgehead atoms. The van der Waals surface area contributed by atoms with Gasteiger partial charge in [0.2, 0.25) is 0 Å². The summed E-state index contributed by atoms with van der Waals surface area (Å²) in [6, 6.07) is 9.09. The molecule has 70 valence electrons. The van der Waals surface area contributed by atoms with Crippen LogP contribution in [-0.2, 0) is 11.3 Å². The van der Waals surface area contributed by atoms with E-state index in [1.54, 1.807) is 12.1 Å². The zero-order valence-electron chi connectivity index (χ0n) is 7.24. The van der Waals surface area contributed by atoms with Crippen molar-refractivity contribution in [2.75, 3.05) is 7.05 Å². The van der Waals surface area contributed by atoms with Gasteiger partial charge in [-0.2, -0.15) is 0 Å². The molecule has 3 nitrogen and oxygen atoms in total. The van der Waals surface area contributed by atoms with Crippen LogP contribution in [0.25, 0.3) is 0 Å². The average Bonchev–Trinajstić information content (AvgIpc) is 2.15. The molecule has 0 spiro atoms. The first-order valence-electron chi connectivity index (χ1n) is 3.80. The summed E-state index contributed by atoms with van der Waals surface area (Å²) in [7, 11) is 0.993. The molecule has 1 aromatic carbocycles. The van der Waals surface area contributed by atoms with Crippen LogP contribution in [0.5, 0.6) is 0 Å². The van der Waals surface area contributed by atoms with Crippen LogP contribution in [0.15, 0.2) is 30.3 Å². The van der Waals surface area contributed by atoms with Gasteiger partial charge < -0.3 is 4.74 Å². The molecule has 0 atom stereocenters. The van der Waals surface area contributed by atoms with Crippen molar-refractivity contribution in [1.82, 2.24) is 5.12 Å². The van der Waals surface area contributed by atoms with Crippen molar-refractivity contribution in [2.24, 2.45) is 0 Å². The van der Waals surface area contributed by atoms with Crippen LogP contribution < -0.4 is 0 Å². The summed E-state index contributed by atoms with van der Waals surface area (Å²) in [5.41, 5.74) is 0.831. The molecule has 0 aliphatic carbocycles. The summed E-state index contributed by atoms with van der Waals surface area (Å²) in [4.78, 5) is 10.6. The van der Waals surface area contributed by atoms with Gasteiger partial charge in [0.1, 0.15) is 6.61 Å². The Bertz CT molecular complexity index is 274. The fraction of sp³-hybridized carbons (Fsp3) is 0.222. The summed E-state index contributed by atoms with van der Waals surface area (Å²) in [6.07, 6.45) is -0.983.